The van der Waals surface area contributed by atoms with Gasteiger partial charge in [0.2, 0.25) is 0 Å². The zero-order valence-corrected chi connectivity index (χ0v) is 8.21. The lowest BCUT2D eigenvalue weighted by Gasteiger charge is -2.01. The number of aryl methyl sites for hydroxylation is 1. The van der Waals surface area contributed by atoms with Gasteiger partial charge in [0.15, 0.2) is 5.82 Å². The van der Waals surface area contributed by atoms with E-state index in [4.69, 9.17) is 5.73 Å². The van der Waals surface area contributed by atoms with Crippen LogP contribution in [0.4, 0.5) is 0 Å². The molecule has 2 N–H and O–H groups in total. The lowest BCUT2D eigenvalue weighted by Crippen LogP contribution is -2.14. The molecule has 0 atom stereocenters. The van der Waals surface area contributed by atoms with Gasteiger partial charge in [-0.25, -0.2) is 9.67 Å². The van der Waals surface area contributed by atoms with E-state index in [9.17, 15) is 4.79 Å². The zero-order chi connectivity index (χ0) is 10.8. The van der Waals surface area contributed by atoms with Crippen molar-refractivity contribution in [2.75, 3.05) is 0 Å². The first-order valence-electron chi connectivity index (χ1n) is 4.46. The maximum atomic E-state index is 10.9. The summed E-state index contributed by atoms with van der Waals surface area (Å²) in [7, 11) is 0. The molecule has 2 rings (SSSR count). The minimum absolute atomic E-state index is 0.237. The van der Waals surface area contributed by atoms with Crippen LogP contribution in [0.3, 0.4) is 0 Å². The Kier molecular flexibility index (Phi) is 2.21. The standard InChI is InChI=1S/C10H10N4O/c1-7-5-6-14(13-7)9-4-2-3-8(12-9)10(11)15/h2-6H,1H3,(H2,11,15). The molecule has 0 radical (unpaired) electrons. The number of aromatic nitrogens is 3. The number of hydrogen-bond donors (Lipinski definition) is 1. The Hall–Kier alpha value is -2.17. The second-order valence-corrected chi connectivity index (χ2v) is 3.15. The van der Waals surface area contributed by atoms with E-state index in [0.717, 1.165) is 5.69 Å². The maximum Gasteiger partial charge on any atom is 0.267 e. The van der Waals surface area contributed by atoms with Crippen molar-refractivity contribution in [2.45, 2.75) is 6.92 Å². The second kappa shape index (κ2) is 3.53. The van der Waals surface area contributed by atoms with Gasteiger partial charge in [-0.15, -0.1) is 0 Å². The monoisotopic (exact) mass is 202 g/mol. The molecular weight excluding hydrogens is 192 g/mol. The average Bonchev–Trinajstić information content (AvgIpc) is 2.65. The summed E-state index contributed by atoms with van der Waals surface area (Å²) in [6.07, 6.45) is 1.78. The highest BCUT2D eigenvalue weighted by atomic mass is 16.1. The van der Waals surface area contributed by atoms with E-state index >= 15 is 0 Å². The molecule has 0 saturated heterocycles. The van der Waals surface area contributed by atoms with Crippen LogP contribution in [0.5, 0.6) is 0 Å². The van der Waals surface area contributed by atoms with E-state index in [2.05, 4.69) is 10.1 Å². The molecule has 1 amide bonds. The van der Waals surface area contributed by atoms with Gasteiger partial charge in [0.1, 0.15) is 5.69 Å². The number of primary amides is 1. The van der Waals surface area contributed by atoms with Gasteiger partial charge in [0, 0.05) is 6.20 Å². The molecule has 2 aromatic rings. The third-order valence-corrected chi connectivity index (χ3v) is 1.94. The van der Waals surface area contributed by atoms with Gasteiger partial charge in [-0.2, -0.15) is 5.10 Å². The van der Waals surface area contributed by atoms with E-state index in [1.54, 1.807) is 29.1 Å². The van der Waals surface area contributed by atoms with E-state index in [0.29, 0.717) is 5.82 Å². The maximum absolute atomic E-state index is 10.9. The molecule has 2 heterocycles. The van der Waals surface area contributed by atoms with Gasteiger partial charge in [0.25, 0.3) is 5.91 Å². The first-order valence-corrected chi connectivity index (χ1v) is 4.46. The Morgan fingerprint density at radius 2 is 2.20 bits per heavy atom. The van der Waals surface area contributed by atoms with Crippen LogP contribution in [0.1, 0.15) is 16.2 Å². The molecule has 15 heavy (non-hydrogen) atoms. The van der Waals surface area contributed by atoms with E-state index in [-0.39, 0.29) is 5.69 Å². The number of rotatable bonds is 2. The van der Waals surface area contributed by atoms with Crippen LogP contribution in [-0.4, -0.2) is 20.7 Å². The van der Waals surface area contributed by atoms with Gasteiger partial charge in [-0.05, 0) is 25.1 Å². The molecule has 0 aliphatic carbocycles. The smallest absolute Gasteiger partial charge is 0.267 e. The molecule has 0 aliphatic heterocycles. The quantitative estimate of drug-likeness (QED) is 0.778. The summed E-state index contributed by atoms with van der Waals surface area (Å²) in [6.45, 7) is 1.88. The average molecular weight is 202 g/mol. The van der Waals surface area contributed by atoms with Crippen LogP contribution in [0.15, 0.2) is 30.5 Å². The van der Waals surface area contributed by atoms with E-state index in [1.165, 1.54) is 0 Å². The second-order valence-electron chi connectivity index (χ2n) is 3.15. The van der Waals surface area contributed by atoms with Crippen molar-refractivity contribution in [3.05, 3.63) is 41.9 Å². The summed E-state index contributed by atoms with van der Waals surface area (Å²) in [6, 6.07) is 6.92. The van der Waals surface area contributed by atoms with Crippen molar-refractivity contribution in [1.29, 1.82) is 0 Å². The summed E-state index contributed by atoms with van der Waals surface area (Å²) in [5.74, 6) is 0.0418. The molecule has 0 aliphatic rings. The van der Waals surface area contributed by atoms with Crippen molar-refractivity contribution < 1.29 is 4.79 Å². The van der Waals surface area contributed by atoms with Gasteiger partial charge in [-0.3, -0.25) is 4.79 Å². The fraction of sp³-hybridized carbons (Fsp3) is 0.100. The minimum Gasteiger partial charge on any atom is -0.364 e. The Morgan fingerprint density at radius 1 is 1.40 bits per heavy atom. The summed E-state index contributed by atoms with van der Waals surface area (Å²) in [5, 5.41) is 4.18. The summed E-state index contributed by atoms with van der Waals surface area (Å²) in [4.78, 5) is 15.0. The number of nitrogens with zero attached hydrogens (tertiary/aromatic N) is 3. The molecule has 5 heteroatoms. The number of amides is 1. The summed E-state index contributed by atoms with van der Waals surface area (Å²) < 4.78 is 1.60. The molecule has 0 unspecified atom stereocenters. The molecule has 76 valence electrons. The predicted molar refractivity (Wildman–Crippen MR) is 54.6 cm³/mol. The predicted octanol–water partition coefficient (Wildman–Crippen LogP) is 0.675. The van der Waals surface area contributed by atoms with Crippen LogP contribution in [0, 0.1) is 6.92 Å². The highest BCUT2D eigenvalue weighted by Crippen LogP contribution is 2.05. The molecule has 5 nitrogen and oxygen atoms in total. The normalized spacial score (nSPS) is 10.2. The topological polar surface area (TPSA) is 73.8 Å². The van der Waals surface area contributed by atoms with E-state index in [1.807, 2.05) is 13.0 Å². The number of pyridine rings is 1. The Balaban J connectivity index is 2.45. The lowest BCUT2D eigenvalue weighted by atomic mass is 10.3. The Bertz CT molecular complexity index is 504. The molecule has 0 bridgehead atoms. The van der Waals surface area contributed by atoms with Crippen molar-refractivity contribution in [3.8, 4) is 5.82 Å². The number of carbonyl (C=O) groups excluding carboxylic acids is 1. The number of nitrogens with two attached hydrogens (primary N) is 1. The molecule has 2 aromatic heterocycles. The third-order valence-electron chi connectivity index (χ3n) is 1.94. The summed E-state index contributed by atoms with van der Waals surface area (Å²) in [5.41, 5.74) is 6.26. The highest BCUT2D eigenvalue weighted by Gasteiger charge is 2.04. The zero-order valence-electron chi connectivity index (χ0n) is 8.21. The third kappa shape index (κ3) is 1.85. The molecular formula is C10H10N4O. The van der Waals surface area contributed by atoms with Crippen LogP contribution in [0.2, 0.25) is 0 Å². The van der Waals surface area contributed by atoms with Crippen molar-refractivity contribution in [2.24, 2.45) is 5.73 Å². The Labute approximate surface area is 86.5 Å². The molecule has 0 saturated carbocycles. The molecule has 0 aromatic carbocycles. The fourth-order valence-corrected chi connectivity index (χ4v) is 1.23. The van der Waals surface area contributed by atoms with Crippen LogP contribution in [0.25, 0.3) is 5.82 Å². The van der Waals surface area contributed by atoms with Gasteiger partial charge < -0.3 is 5.73 Å². The largest absolute Gasteiger partial charge is 0.364 e. The summed E-state index contributed by atoms with van der Waals surface area (Å²) >= 11 is 0. The Morgan fingerprint density at radius 3 is 2.80 bits per heavy atom. The first-order chi connectivity index (χ1) is 7.16. The van der Waals surface area contributed by atoms with Crippen LogP contribution >= 0.6 is 0 Å². The molecule has 0 fully saturated rings. The van der Waals surface area contributed by atoms with Crippen LogP contribution in [-0.2, 0) is 0 Å². The SMILES string of the molecule is Cc1ccn(-c2cccc(C(N)=O)n2)n1. The fourth-order valence-electron chi connectivity index (χ4n) is 1.23. The number of carbonyl (C=O) groups is 1. The van der Waals surface area contributed by atoms with Crippen molar-refractivity contribution in [3.63, 3.8) is 0 Å². The highest BCUT2D eigenvalue weighted by molar-refractivity contribution is 5.90. The van der Waals surface area contributed by atoms with Gasteiger partial charge in [0.05, 0.1) is 5.69 Å². The lowest BCUT2D eigenvalue weighted by molar-refractivity contribution is 0.0995. The van der Waals surface area contributed by atoms with E-state index < -0.39 is 5.91 Å². The van der Waals surface area contributed by atoms with Gasteiger partial charge in [-0.1, -0.05) is 6.07 Å². The van der Waals surface area contributed by atoms with Crippen molar-refractivity contribution in [1.82, 2.24) is 14.8 Å². The van der Waals surface area contributed by atoms with Crippen molar-refractivity contribution >= 4 is 5.91 Å². The minimum atomic E-state index is -0.541. The van der Waals surface area contributed by atoms with Gasteiger partial charge >= 0.3 is 0 Å². The molecule has 0 spiro atoms. The van der Waals surface area contributed by atoms with Crippen LogP contribution < -0.4 is 5.73 Å². The first kappa shape index (κ1) is 9.39. The number of hydrogen-bond acceptors (Lipinski definition) is 3.